The summed E-state index contributed by atoms with van der Waals surface area (Å²) in [4.78, 5) is 25.8. The van der Waals surface area contributed by atoms with Crippen LogP contribution in [0.4, 0.5) is 11.4 Å². The zero-order valence-corrected chi connectivity index (χ0v) is 15.9. The minimum Gasteiger partial charge on any atom is -0.376 e. The summed E-state index contributed by atoms with van der Waals surface area (Å²) in [5, 5.41) is 5.98. The van der Waals surface area contributed by atoms with Crippen LogP contribution in [0.15, 0.2) is 48.5 Å². The molecule has 0 saturated heterocycles. The lowest BCUT2D eigenvalue weighted by molar-refractivity contribution is -0.131. The molecule has 5 heteroatoms. The van der Waals surface area contributed by atoms with Crippen molar-refractivity contribution in [2.75, 3.05) is 30.8 Å². The second-order valence-corrected chi connectivity index (χ2v) is 6.76. The monoisotopic (exact) mass is 353 g/mol. The van der Waals surface area contributed by atoms with Crippen molar-refractivity contribution in [2.24, 2.45) is 0 Å². The van der Waals surface area contributed by atoms with Crippen molar-refractivity contribution in [2.45, 2.75) is 26.7 Å². The standard InChI is InChI=1S/C21H27N3O2/c1-15(2)18-7-5-6-8-19(18)22-13-21(26)24(4)14-20(25)23-17-11-9-16(3)10-12-17/h5-12,15,22H,13-14H2,1-4H3,(H,23,25). The van der Waals surface area contributed by atoms with Crippen LogP contribution in [0, 0.1) is 6.92 Å². The van der Waals surface area contributed by atoms with Crippen molar-refractivity contribution in [3.63, 3.8) is 0 Å². The van der Waals surface area contributed by atoms with E-state index in [-0.39, 0.29) is 24.9 Å². The summed E-state index contributed by atoms with van der Waals surface area (Å²) in [5.74, 6) is 0.0155. The molecule has 0 saturated carbocycles. The van der Waals surface area contributed by atoms with Crippen molar-refractivity contribution < 1.29 is 9.59 Å². The Hall–Kier alpha value is -2.82. The molecule has 0 fully saturated rings. The highest BCUT2D eigenvalue weighted by molar-refractivity contribution is 5.95. The molecule has 2 aromatic carbocycles. The van der Waals surface area contributed by atoms with Crippen molar-refractivity contribution >= 4 is 23.2 Å². The number of hydrogen-bond acceptors (Lipinski definition) is 3. The van der Waals surface area contributed by atoms with Gasteiger partial charge >= 0.3 is 0 Å². The molecule has 0 spiro atoms. The third-order valence-electron chi connectivity index (χ3n) is 4.15. The van der Waals surface area contributed by atoms with Crippen LogP contribution < -0.4 is 10.6 Å². The normalized spacial score (nSPS) is 10.5. The molecule has 2 amide bonds. The van der Waals surface area contributed by atoms with Crippen LogP contribution in [0.25, 0.3) is 0 Å². The van der Waals surface area contributed by atoms with Gasteiger partial charge < -0.3 is 15.5 Å². The highest BCUT2D eigenvalue weighted by Crippen LogP contribution is 2.23. The number of aryl methyl sites for hydroxylation is 1. The van der Waals surface area contributed by atoms with E-state index >= 15 is 0 Å². The van der Waals surface area contributed by atoms with Crippen molar-refractivity contribution in [1.82, 2.24) is 4.90 Å². The molecule has 0 unspecified atom stereocenters. The quantitative estimate of drug-likeness (QED) is 0.799. The number of benzene rings is 2. The largest absolute Gasteiger partial charge is 0.376 e. The van der Waals surface area contributed by atoms with E-state index in [1.165, 1.54) is 10.5 Å². The zero-order chi connectivity index (χ0) is 19.1. The van der Waals surface area contributed by atoms with E-state index in [1.54, 1.807) is 7.05 Å². The maximum atomic E-state index is 12.3. The molecular weight excluding hydrogens is 326 g/mol. The summed E-state index contributed by atoms with van der Waals surface area (Å²) in [6.07, 6.45) is 0. The van der Waals surface area contributed by atoms with Gasteiger partial charge in [-0.1, -0.05) is 49.7 Å². The Labute approximate surface area is 155 Å². The van der Waals surface area contributed by atoms with E-state index in [0.29, 0.717) is 5.92 Å². The molecule has 2 aromatic rings. The van der Waals surface area contributed by atoms with E-state index in [2.05, 4.69) is 30.5 Å². The molecule has 0 aromatic heterocycles. The Kier molecular flexibility index (Phi) is 6.78. The first-order valence-corrected chi connectivity index (χ1v) is 8.80. The lowest BCUT2D eigenvalue weighted by Crippen LogP contribution is -2.38. The predicted molar refractivity (Wildman–Crippen MR) is 106 cm³/mol. The fraction of sp³-hybridized carbons (Fsp3) is 0.333. The summed E-state index contributed by atoms with van der Waals surface area (Å²) in [6, 6.07) is 15.5. The van der Waals surface area contributed by atoms with Crippen molar-refractivity contribution in [3.05, 3.63) is 59.7 Å². The Bertz CT molecular complexity index is 754. The van der Waals surface area contributed by atoms with Crippen molar-refractivity contribution in [1.29, 1.82) is 0 Å². The Morgan fingerprint density at radius 1 is 1.04 bits per heavy atom. The third-order valence-corrected chi connectivity index (χ3v) is 4.15. The lowest BCUT2D eigenvalue weighted by atomic mass is 10.0. The second-order valence-electron chi connectivity index (χ2n) is 6.76. The molecule has 0 aliphatic rings. The highest BCUT2D eigenvalue weighted by atomic mass is 16.2. The molecule has 138 valence electrons. The number of anilines is 2. The van der Waals surface area contributed by atoms with Crippen LogP contribution in [0.5, 0.6) is 0 Å². The minimum atomic E-state index is -0.215. The summed E-state index contributed by atoms with van der Waals surface area (Å²) in [7, 11) is 1.63. The highest BCUT2D eigenvalue weighted by Gasteiger charge is 2.14. The fourth-order valence-electron chi connectivity index (χ4n) is 2.61. The molecule has 0 bridgehead atoms. The van der Waals surface area contributed by atoms with Crippen LogP contribution in [0.3, 0.4) is 0 Å². The number of rotatable bonds is 7. The van der Waals surface area contributed by atoms with Gasteiger partial charge in [-0.2, -0.15) is 0 Å². The van der Waals surface area contributed by atoms with Crippen LogP contribution in [-0.4, -0.2) is 36.9 Å². The first-order chi connectivity index (χ1) is 12.4. The number of hydrogen-bond donors (Lipinski definition) is 2. The molecule has 0 atom stereocenters. The summed E-state index contributed by atoms with van der Waals surface area (Å²) >= 11 is 0. The van der Waals surface area contributed by atoms with E-state index in [9.17, 15) is 9.59 Å². The number of para-hydroxylation sites is 1. The number of nitrogens with one attached hydrogen (secondary N) is 2. The second kappa shape index (κ2) is 9.04. The van der Waals surface area contributed by atoms with E-state index in [0.717, 1.165) is 16.9 Å². The predicted octanol–water partition coefficient (Wildman–Crippen LogP) is 3.63. The van der Waals surface area contributed by atoms with Gasteiger partial charge in [0.2, 0.25) is 11.8 Å². The molecule has 0 radical (unpaired) electrons. The molecule has 0 aliphatic carbocycles. The number of amides is 2. The molecule has 5 nitrogen and oxygen atoms in total. The number of carbonyl (C=O) groups is 2. The van der Waals surface area contributed by atoms with Crippen LogP contribution in [0.2, 0.25) is 0 Å². The lowest BCUT2D eigenvalue weighted by Gasteiger charge is -2.19. The van der Waals surface area contributed by atoms with Gasteiger partial charge in [0.05, 0.1) is 13.1 Å². The zero-order valence-electron chi connectivity index (χ0n) is 15.9. The number of nitrogens with zero attached hydrogens (tertiary/aromatic N) is 1. The van der Waals surface area contributed by atoms with E-state index in [1.807, 2.05) is 49.4 Å². The third kappa shape index (κ3) is 5.62. The van der Waals surface area contributed by atoms with Gasteiger partial charge in [-0.3, -0.25) is 9.59 Å². The molecule has 0 aliphatic heterocycles. The fourth-order valence-corrected chi connectivity index (χ4v) is 2.61. The Morgan fingerprint density at radius 3 is 2.35 bits per heavy atom. The van der Waals surface area contributed by atoms with E-state index in [4.69, 9.17) is 0 Å². The molecule has 0 heterocycles. The maximum absolute atomic E-state index is 12.3. The average molecular weight is 353 g/mol. The van der Waals surface area contributed by atoms with Gasteiger partial charge in [-0.25, -0.2) is 0 Å². The summed E-state index contributed by atoms with van der Waals surface area (Å²) < 4.78 is 0. The Morgan fingerprint density at radius 2 is 1.69 bits per heavy atom. The smallest absolute Gasteiger partial charge is 0.243 e. The average Bonchev–Trinajstić information content (AvgIpc) is 2.61. The van der Waals surface area contributed by atoms with E-state index < -0.39 is 0 Å². The van der Waals surface area contributed by atoms with Gasteiger partial charge in [0.15, 0.2) is 0 Å². The first kappa shape index (κ1) is 19.5. The van der Waals surface area contributed by atoms with Crippen LogP contribution >= 0.6 is 0 Å². The number of carbonyl (C=O) groups excluding carboxylic acids is 2. The maximum Gasteiger partial charge on any atom is 0.243 e. The SMILES string of the molecule is Cc1ccc(NC(=O)CN(C)C(=O)CNc2ccccc2C(C)C)cc1. The number of likely N-dealkylation sites (N-methyl/N-ethyl adjacent to an activating group) is 1. The molecule has 26 heavy (non-hydrogen) atoms. The van der Waals surface area contributed by atoms with Gasteiger partial charge in [0, 0.05) is 18.4 Å². The summed E-state index contributed by atoms with van der Waals surface area (Å²) in [5.41, 5.74) is 3.97. The van der Waals surface area contributed by atoms with Gasteiger partial charge in [-0.05, 0) is 36.6 Å². The summed E-state index contributed by atoms with van der Waals surface area (Å²) in [6.45, 7) is 6.38. The first-order valence-electron chi connectivity index (χ1n) is 8.80. The van der Waals surface area contributed by atoms with Crippen LogP contribution in [-0.2, 0) is 9.59 Å². The molecular formula is C21H27N3O2. The topological polar surface area (TPSA) is 61.4 Å². The minimum absolute atomic E-state index is 0.0141. The van der Waals surface area contributed by atoms with Gasteiger partial charge in [0.1, 0.15) is 0 Å². The van der Waals surface area contributed by atoms with Gasteiger partial charge in [-0.15, -0.1) is 0 Å². The van der Waals surface area contributed by atoms with Gasteiger partial charge in [0.25, 0.3) is 0 Å². The van der Waals surface area contributed by atoms with Crippen molar-refractivity contribution in [3.8, 4) is 0 Å². The molecule has 2 rings (SSSR count). The Balaban J connectivity index is 1.85. The molecule has 2 N–H and O–H groups in total. The van der Waals surface area contributed by atoms with Crippen LogP contribution in [0.1, 0.15) is 30.9 Å².